The predicted molar refractivity (Wildman–Crippen MR) is 115 cm³/mol. The summed E-state index contributed by atoms with van der Waals surface area (Å²) in [4.78, 5) is 15.7. The van der Waals surface area contributed by atoms with Crippen molar-refractivity contribution in [2.24, 2.45) is 11.8 Å². The van der Waals surface area contributed by atoms with Crippen LogP contribution in [0.2, 0.25) is 0 Å². The van der Waals surface area contributed by atoms with E-state index in [9.17, 15) is 22.7 Å². The summed E-state index contributed by atoms with van der Waals surface area (Å²) < 4.78 is 45.6. The standard InChI is InChI=1S/C22H27FN2O5S/c1-15(2)20(22(26)27)14-31(28,29)25-11-9-19(10-12-25)30-21-8-5-17(13-24-21)16-3-6-18(23)7-4-16/h3-8,13,15,19-20H,9-12,14H2,1-2H3,(H,26,27)/t20-/m1/s1. The van der Waals surface area contributed by atoms with Gasteiger partial charge in [0.2, 0.25) is 15.9 Å². The van der Waals surface area contributed by atoms with Gasteiger partial charge in [-0.05, 0) is 42.5 Å². The molecular weight excluding hydrogens is 423 g/mol. The highest BCUT2D eigenvalue weighted by atomic mass is 32.2. The number of piperidine rings is 1. The maximum atomic E-state index is 13.1. The molecule has 0 unspecified atom stereocenters. The smallest absolute Gasteiger partial charge is 0.307 e. The maximum Gasteiger partial charge on any atom is 0.307 e. The number of carbonyl (C=O) groups is 1. The lowest BCUT2D eigenvalue weighted by atomic mass is 9.98. The van der Waals surface area contributed by atoms with Crippen LogP contribution in [0.15, 0.2) is 42.6 Å². The van der Waals surface area contributed by atoms with Crippen molar-refractivity contribution in [2.45, 2.75) is 32.8 Å². The van der Waals surface area contributed by atoms with Crippen molar-refractivity contribution in [1.29, 1.82) is 0 Å². The second kappa shape index (κ2) is 9.74. The van der Waals surface area contributed by atoms with Gasteiger partial charge >= 0.3 is 5.97 Å². The minimum Gasteiger partial charge on any atom is -0.481 e. The molecule has 0 radical (unpaired) electrons. The molecule has 0 aliphatic carbocycles. The monoisotopic (exact) mass is 450 g/mol. The summed E-state index contributed by atoms with van der Waals surface area (Å²) in [6.07, 6.45) is 2.48. The van der Waals surface area contributed by atoms with Crippen LogP contribution < -0.4 is 4.74 Å². The molecule has 31 heavy (non-hydrogen) atoms. The van der Waals surface area contributed by atoms with E-state index in [1.807, 2.05) is 6.07 Å². The van der Waals surface area contributed by atoms with Crippen molar-refractivity contribution < 1.29 is 27.4 Å². The zero-order valence-corrected chi connectivity index (χ0v) is 18.4. The number of rotatable bonds is 8. The Morgan fingerprint density at radius 2 is 1.77 bits per heavy atom. The normalized spacial score (nSPS) is 16.9. The van der Waals surface area contributed by atoms with E-state index in [4.69, 9.17) is 4.74 Å². The molecule has 168 valence electrons. The number of nitrogens with zero attached hydrogens (tertiary/aromatic N) is 2. The lowest BCUT2D eigenvalue weighted by molar-refractivity contribution is -0.142. The third-order valence-corrected chi connectivity index (χ3v) is 7.44. The average Bonchev–Trinajstić information content (AvgIpc) is 2.73. The van der Waals surface area contributed by atoms with E-state index in [0.717, 1.165) is 11.1 Å². The predicted octanol–water partition coefficient (Wildman–Crippen LogP) is 3.42. The first-order valence-corrected chi connectivity index (χ1v) is 11.9. The SMILES string of the molecule is CC(C)[C@@H](CS(=O)(=O)N1CCC(Oc2ccc(-c3ccc(F)cc3)cn2)CC1)C(=O)O. The summed E-state index contributed by atoms with van der Waals surface area (Å²) in [5, 5.41) is 9.29. The number of pyridine rings is 1. The van der Waals surface area contributed by atoms with Crippen LogP contribution >= 0.6 is 0 Å². The maximum absolute atomic E-state index is 13.1. The van der Waals surface area contributed by atoms with Gasteiger partial charge in [0.15, 0.2) is 0 Å². The van der Waals surface area contributed by atoms with Crippen molar-refractivity contribution in [3.63, 3.8) is 0 Å². The van der Waals surface area contributed by atoms with Gasteiger partial charge < -0.3 is 9.84 Å². The van der Waals surface area contributed by atoms with Crippen LogP contribution in [0.3, 0.4) is 0 Å². The summed E-state index contributed by atoms with van der Waals surface area (Å²) >= 11 is 0. The van der Waals surface area contributed by atoms with Crippen LogP contribution in [-0.4, -0.2) is 53.7 Å². The molecule has 1 atom stereocenters. The number of carboxylic acid groups (broad SMARTS) is 1. The number of aliphatic carboxylic acids is 1. The van der Waals surface area contributed by atoms with Gasteiger partial charge in [-0.2, -0.15) is 0 Å². The van der Waals surface area contributed by atoms with E-state index in [2.05, 4.69) is 4.98 Å². The van der Waals surface area contributed by atoms with Crippen molar-refractivity contribution in [3.8, 4) is 17.0 Å². The zero-order chi connectivity index (χ0) is 22.6. The molecule has 1 aromatic carbocycles. The van der Waals surface area contributed by atoms with E-state index in [1.165, 1.54) is 16.4 Å². The van der Waals surface area contributed by atoms with Crippen LogP contribution in [-0.2, 0) is 14.8 Å². The molecule has 1 N–H and O–H groups in total. The van der Waals surface area contributed by atoms with Crippen molar-refractivity contribution in [3.05, 3.63) is 48.4 Å². The number of ether oxygens (including phenoxy) is 1. The van der Waals surface area contributed by atoms with Crippen molar-refractivity contribution >= 4 is 16.0 Å². The fourth-order valence-electron chi connectivity index (χ4n) is 3.54. The number of benzene rings is 1. The molecule has 0 saturated carbocycles. The molecule has 9 heteroatoms. The largest absolute Gasteiger partial charge is 0.481 e. The number of carboxylic acids is 1. The Kier molecular flexibility index (Phi) is 7.27. The fourth-order valence-corrected chi connectivity index (χ4v) is 5.50. The first-order valence-electron chi connectivity index (χ1n) is 10.2. The molecule has 0 amide bonds. The van der Waals surface area contributed by atoms with Crippen LogP contribution in [0.25, 0.3) is 11.1 Å². The van der Waals surface area contributed by atoms with Crippen LogP contribution in [0.4, 0.5) is 4.39 Å². The van der Waals surface area contributed by atoms with Gasteiger partial charge in [0, 0.05) is 30.9 Å². The topological polar surface area (TPSA) is 96.8 Å². The highest BCUT2D eigenvalue weighted by molar-refractivity contribution is 7.89. The van der Waals surface area contributed by atoms with Crippen LogP contribution in [0.5, 0.6) is 5.88 Å². The number of hydrogen-bond donors (Lipinski definition) is 1. The number of sulfonamides is 1. The molecule has 0 bridgehead atoms. The molecular formula is C22H27FN2O5S. The fraction of sp³-hybridized carbons (Fsp3) is 0.455. The molecule has 7 nitrogen and oxygen atoms in total. The quantitative estimate of drug-likeness (QED) is 0.662. The van der Waals surface area contributed by atoms with Gasteiger partial charge in [0.1, 0.15) is 11.9 Å². The Morgan fingerprint density at radius 3 is 2.29 bits per heavy atom. The van der Waals surface area contributed by atoms with Crippen molar-refractivity contribution in [2.75, 3.05) is 18.8 Å². The number of hydrogen-bond acceptors (Lipinski definition) is 5. The first-order chi connectivity index (χ1) is 14.7. The molecule has 2 aromatic rings. The minimum atomic E-state index is -3.65. The molecule has 1 aromatic heterocycles. The Bertz CT molecular complexity index is 986. The molecule has 2 heterocycles. The van der Waals surface area contributed by atoms with E-state index in [-0.39, 0.29) is 30.9 Å². The molecule has 1 aliphatic rings. The first kappa shape index (κ1) is 23.1. The summed E-state index contributed by atoms with van der Waals surface area (Å²) in [6, 6.07) is 9.71. The van der Waals surface area contributed by atoms with Crippen molar-refractivity contribution in [1.82, 2.24) is 9.29 Å². The van der Waals surface area contributed by atoms with E-state index >= 15 is 0 Å². The van der Waals surface area contributed by atoms with Gasteiger partial charge in [-0.1, -0.05) is 26.0 Å². The van der Waals surface area contributed by atoms with Gasteiger partial charge in [-0.25, -0.2) is 22.1 Å². The average molecular weight is 451 g/mol. The highest BCUT2D eigenvalue weighted by Gasteiger charge is 2.34. The molecule has 0 spiro atoms. The van der Waals surface area contributed by atoms with Crippen LogP contribution in [0, 0.1) is 17.7 Å². The molecule has 1 aliphatic heterocycles. The van der Waals surface area contributed by atoms with Gasteiger partial charge in [-0.3, -0.25) is 4.79 Å². The van der Waals surface area contributed by atoms with Gasteiger partial charge in [0.25, 0.3) is 0 Å². The van der Waals surface area contributed by atoms with Gasteiger partial charge in [0.05, 0.1) is 11.7 Å². The van der Waals surface area contributed by atoms with Gasteiger partial charge in [-0.15, -0.1) is 0 Å². The highest BCUT2D eigenvalue weighted by Crippen LogP contribution is 2.24. The Balaban J connectivity index is 1.55. The third kappa shape index (κ3) is 6.01. The molecule has 1 fully saturated rings. The Hall–Kier alpha value is -2.52. The lowest BCUT2D eigenvalue weighted by Gasteiger charge is -2.32. The van der Waals surface area contributed by atoms with E-state index in [1.54, 1.807) is 38.2 Å². The van der Waals surface area contributed by atoms with Crippen LogP contribution in [0.1, 0.15) is 26.7 Å². The van der Waals surface area contributed by atoms with E-state index in [0.29, 0.717) is 18.7 Å². The second-order valence-electron chi connectivity index (χ2n) is 8.08. The summed E-state index contributed by atoms with van der Waals surface area (Å²) in [5.74, 6) is -2.53. The van der Waals surface area contributed by atoms with E-state index < -0.39 is 27.7 Å². The Labute approximate surface area is 181 Å². The minimum absolute atomic E-state index is 0.170. The summed E-state index contributed by atoms with van der Waals surface area (Å²) in [5.41, 5.74) is 1.69. The number of halogens is 1. The Morgan fingerprint density at radius 1 is 1.16 bits per heavy atom. The number of aromatic nitrogens is 1. The third-order valence-electron chi connectivity index (χ3n) is 5.51. The lowest BCUT2D eigenvalue weighted by Crippen LogP contribution is -2.45. The molecule has 1 saturated heterocycles. The second-order valence-corrected chi connectivity index (χ2v) is 10.1. The summed E-state index contributed by atoms with van der Waals surface area (Å²) in [6.45, 7) is 3.99. The molecule has 3 rings (SSSR count). The zero-order valence-electron chi connectivity index (χ0n) is 17.6. The summed E-state index contributed by atoms with van der Waals surface area (Å²) in [7, 11) is -3.65.